The molecule has 0 radical (unpaired) electrons. The van der Waals surface area contributed by atoms with E-state index in [4.69, 9.17) is 0 Å². The number of rotatable bonds is 3. The molecule has 1 aromatic heterocycles. The number of hydrogen-bond acceptors (Lipinski definition) is 4. The Labute approximate surface area is 126 Å². The van der Waals surface area contributed by atoms with Crippen LogP contribution in [0.2, 0.25) is 0 Å². The van der Waals surface area contributed by atoms with Gasteiger partial charge >= 0.3 is 0 Å². The van der Waals surface area contributed by atoms with Gasteiger partial charge in [0.05, 0.1) is 6.54 Å². The van der Waals surface area contributed by atoms with E-state index in [1.807, 2.05) is 20.0 Å². The van der Waals surface area contributed by atoms with E-state index in [9.17, 15) is 0 Å². The quantitative estimate of drug-likeness (QED) is 0.939. The monoisotopic (exact) mass is 282 g/mol. The van der Waals surface area contributed by atoms with Crippen LogP contribution in [0, 0.1) is 13.8 Å². The fraction of sp³-hybridized carbons (Fsp3) is 0.412. The van der Waals surface area contributed by atoms with Crippen LogP contribution in [0.1, 0.15) is 29.1 Å². The molecule has 1 aromatic carbocycles. The largest absolute Gasteiger partial charge is 0.373 e. The molecule has 2 heterocycles. The number of fused-ring (bicyclic) bond motifs is 1. The van der Waals surface area contributed by atoms with Gasteiger partial charge in [-0.15, -0.1) is 0 Å². The molecule has 3 rings (SSSR count). The molecule has 0 amide bonds. The van der Waals surface area contributed by atoms with Gasteiger partial charge in [0.25, 0.3) is 0 Å². The standard InChI is InChI=1S/C17H22N4/c1-12-6-7-15-14(9-12)5-4-8-21(15)11-17-19-13(2)10-16(18-3)20-17/h6-7,9-10H,4-5,8,11H2,1-3H3,(H,18,19,20). The average Bonchev–Trinajstić information content (AvgIpc) is 2.46. The van der Waals surface area contributed by atoms with Gasteiger partial charge in [0.2, 0.25) is 0 Å². The van der Waals surface area contributed by atoms with Crippen LogP contribution in [0.4, 0.5) is 11.5 Å². The summed E-state index contributed by atoms with van der Waals surface area (Å²) in [4.78, 5) is 11.5. The first-order valence-electron chi connectivity index (χ1n) is 7.52. The van der Waals surface area contributed by atoms with Crippen LogP contribution < -0.4 is 10.2 Å². The molecule has 0 aliphatic carbocycles. The predicted molar refractivity (Wildman–Crippen MR) is 86.9 cm³/mol. The van der Waals surface area contributed by atoms with E-state index < -0.39 is 0 Å². The van der Waals surface area contributed by atoms with Crippen molar-refractivity contribution in [1.29, 1.82) is 0 Å². The van der Waals surface area contributed by atoms with Gasteiger partial charge in [0, 0.05) is 31.0 Å². The molecule has 4 nitrogen and oxygen atoms in total. The third-order valence-corrected chi connectivity index (χ3v) is 3.94. The van der Waals surface area contributed by atoms with Crippen molar-refractivity contribution in [2.24, 2.45) is 0 Å². The first-order chi connectivity index (χ1) is 10.2. The molecule has 0 atom stereocenters. The minimum atomic E-state index is 0.770. The summed E-state index contributed by atoms with van der Waals surface area (Å²) >= 11 is 0. The zero-order valence-corrected chi connectivity index (χ0v) is 13.0. The lowest BCUT2D eigenvalue weighted by atomic mass is 9.99. The SMILES string of the molecule is CNc1cc(C)nc(CN2CCCc3cc(C)ccc32)n1. The van der Waals surface area contributed by atoms with Crippen LogP contribution >= 0.6 is 0 Å². The molecule has 110 valence electrons. The highest BCUT2D eigenvalue weighted by Crippen LogP contribution is 2.28. The molecule has 4 heteroatoms. The van der Waals surface area contributed by atoms with E-state index >= 15 is 0 Å². The van der Waals surface area contributed by atoms with E-state index in [0.29, 0.717) is 0 Å². The van der Waals surface area contributed by atoms with Crippen molar-refractivity contribution < 1.29 is 0 Å². The topological polar surface area (TPSA) is 41.1 Å². The number of aromatic nitrogens is 2. The Hall–Kier alpha value is -2.10. The van der Waals surface area contributed by atoms with Gasteiger partial charge in [0.15, 0.2) is 0 Å². The highest BCUT2D eigenvalue weighted by molar-refractivity contribution is 5.56. The molecule has 0 bridgehead atoms. The summed E-state index contributed by atoms with van der Waals surface area (Å²) in [7, 11) is 1.89. The normalized spacial score (nSPS) is 14.0. The molecule has 0 saturated heterocycles. The van der Waals surface area contributed by atoms with Crippen molar-refractivity contribution >= 4 is 11.5 Å². The number of nitrogens with zero attached hydrogens (tertiary/aromatic N) is 3. The molecule has 1 N–H and O–H groups in total. The summed E-state index contributed by atoms with van der Waals surface area (Å²) in [5.41, 5.74) is 5.12. The molecule has 21 heavy (non-hydrogen) atoms. The van der Waals surface area contributed by atoms with Gasteiger partial charge in [-0.1, -0.05) is 17.7 Å². The molecule has 1 aliphatic heterocycles. The molecule has 2 aromatic rings. The fourth-order valence-corrected chi connectivity index (χ4v) is 2.97. The number of hydrogen-bond donors (Lipinski definition) is 1. The second kappa shape index (κ2) is 5.72. The zero-order valence-electron chi connectivity index (χ0n) is 13.0. The third-order valence-electron chi connectivity index (χ3n) is 3.94. The minimum Gasteiger partial charge on any atom is -0.373 e. The van der Waals surface area contributed by atoms with Crippen LogP contribution in [0.15, 0.2) is 24.3 Å². The average molecular weight is 282 g/mol. The Balaban J connectivity index is 1.88. The van der Waals surface area contributed by atoms with Crippen molar-refractivity contribution in [3.05, 3.63) is 46.9 Å². The maximum atomic E-state index is 4.57. The highest BCUT2D eigenvalue weighted by atomic mass is 15.2. The van der Waals surface area contributed by atoms with E-state index in [1.54, 1.807) is 0 Å². The zero-order chi connectivity index (χ0) is 14.8. The second-order valence-corrected chi connectivity index (χ2v) is 5.72. The molecule has 0 unspecified atom stereocenters. The summed E-state index contributed by atoms with van der Waals surface area (Å²) in [6.45, 7) is 6.01. The van der Waals surface area contributed by atoms with Gasteiger partial charge in [-0.3, -0.25) is 0 Å². The van der Waals surface area contributed by atoms with Crippen molar-refractivity contribution in [2.75, 3.05) is 23.8 Å². The van der Waals surface area contributed by atoms with Gasteiger partial charge in [-0.25, -0.2) is 9.97 Å². The number of anilines is 2. The maximum absolute atomic E-state index is 4.57. The Morgan fingerprint density at radius 1 is 1.19 bits per heavy atom. The van der Waals surface area contributed by atoms with Gasteiger partial charge in [0.1, 0.15) is 11.6 Å². The van der Waals surface area contributed by atoms with Crippen molar-refractivity contribution in [3.63, 3.8) is 0 Å². The second-order valence-electron chi connectivity index (χ2n) is 5.72. The van der Waals surface area contributed by atoms with E-state index in [-0.39, 0.29) is 0 Å². The molecule has 1 aliphatic rings. The van der Waals surface area contributed by atoms with Crippen LogP contribution in [0.3, 0.4) is 0 Å². The van der Waals surface area contributed by atoms with Gasteiger partial charge in [-0.05, 0) is 38.3 Å². The molecular weight excluding hydrogens is 260 g/mol. The molecule has 0 spiro atoms. The van der Waals surface area contributed by atoms with Crippen molar-refractivity contribution in [2.45, 2.75) is 33.2 Å². The summed E-state index contributed by atoms with van der Waals surface area (Å²) < 4.78 is 0. The van der Waals surface area contributed by atoms with Crippen LogP contribution in [-0.4, -0.2) is 23.6 Å². The van der Waals surface area contributed by atoms with Crippen LogP contribution in [0.25, 0.3) is 0 Å². The van der Waals surface area contributed by atoms with E-state index in [0.717, 1.165) is 30.4 Å². The molecule has 0 fully saturated rings. The Morgan fingerprint density at radius 3 is 2.86 bits per heavy atom. The van der Waals surface area contributed by atoms with Crippen LogP contribution in [-0.2, 0) is 13.0 Å². The number of nitrogens with one attached hydrogen (secondary N) is 1. The fourth-order valence-electron chi connectivity index (χ4n) is 2.97. The Kier molecular flexibility index (Phi) is 3.78. The van der Waals surface area contributed by atoms with Gasteiger partial charge < -0.3 is 10.2 Å². The third kappa shape index (κ3) is 2.99. The lowest BCUT2D eigenvalue weighted by molar-refractivity contribution is 0.672. The molecule has 0 saturated carbocycles. The smallest absolute Gasteiger partial charge is 0.150 e. The minimum absolute atomic E-state index is 0.770. The first kappa shape index (κ1) is 13.9. The Bertz CT molecular complexity index is 651. The maximum Gasteiger partial charge on any atom is 0.150 e. The van der Waals surface area contributed by atoms with E-state index in [2.05, 4.69) is 45.3 Å². The predicted octanol–water partition coefficient (Wildman–Crippen LogP) is 3.09. The Morgan fingerprint density at radius 2 is 2.05 bits per heavy atom. The summed E-state index contributed by atoms with van der Waals surface area (Å²) in [6.07, 6.45) is 2.37. The summed E-state index contributed by atoms with van der Waals surface area (Å²) in [5, 5.41) is 3.10. The van der Waals surface area contributed by atoms with Gasteiger partial charge in [-0.2, -0.15) is 0 Å². The first-order valence-corrected chi connectivity index (χ1v) is 7.52. The summed E-state index contributed by atoms with van der Waals surface area (Å²) in [5.74, 6) is 1.77. The molecular formula is C17H22N4. The van der Waals surface area contributed by atoms with Crippen LogP contribution in [0.5, 0.6) is 0 Å². The lowest BCUT2D eigenvalue weighted by Gasteiger charge is -2.31. The lowest BCUT2D eigenvalue weighted by Crippen LogP contribution is -2.29. The van der Waals surface area contributed by atoms with Crippen molar-refractivity contribution in [3.8, 4) is 0 Å². The number of aryl methyl sites for hydroxylation is 3. The van der Waals surface area contributed by atoms with Crippen molar-refractivity contribution in [1.82, 2.24) is 9.97 Å². The highest BCUT2D eigenvalue weighted by Gasteiger charge is 2.18. The number of benzene rings is 1. The van der Waals surface area contributed by atoms with E-state index in [1.165, 1.54) is 29.7 Å². The summed E-state index contributed by atoms with van der Waals surface area (Å²) in [6, 6.07) is 8.69.